The Kier molecular flexibility index (Phi) is 5.98. The number of hydrogen-bond donors (Lipinski definition) is 2. The molecule has 1 heterocycles. The minimum atomic E-state index is -0.194. The van der Waals surface area contributed by atoms with Crippen LogP contribution in [0.25, 0.3) is 16.9 Å². The van der Waals surface area contributed by atoms with Crippen LogP contribution >= 0.6 is 34.8 Å². The molecular formula is C27H27Cl3N4O. The maximum atomic E-state index is 13.2. The molecule has 0 radical (unpaired) electrons. The van der Waals surface area contributed by atoms with E-state index in [1.165, 1.54) is 32.1 Å². The number of anilines is 1. The zero-order valence-corrected chi connectivity index (χ0v) is 21.7. The average molecular weight is 530 g/mol. The first-order valence-corrected chi connectivity index (χ1v) is 13.4. The minimum Gasteiger partial charge on any atom is -0.335 e. The van der Waals surface area contributed by atoms with Gasteiger partial charge in [0.1, 0.15) is 0 Å². The Hall–Kier alpha value is -2.21. The Morgan fingerprint density at radius 1 is 0.914 bits per heavy atom. The van der Waals surface area contributed by atoms with Gasteiger partial charge in [-0.1, -0.05) is 46.9 Å². The molecule has 2 aromatic carbocycles. The van der Waals surface area contributed by atoms with E-state index in [0.29, 0.717) is 38.4 Å². The molecule has 0 saturated heterocycles. The Labute approximate surface area is 220 Å². The predicted molar refractivity (Wildman–Crippen MR) is 142 cm³/mol. The normalized spacial score (nSPS) is 26.7. The number of hydrogen-bond acceptors (Lipinski definition) is 2. The molecule has 4 aliphatic rings. The summed E-state index contributed by atoms with van der Waals surface area (Å²) in [5.41, 5.74) is 3.27. The number of amides is 2. The van der Waals surface area contributed by atoms with Gasteiger partial charge in [0, 0.05) is 27.2 Å². The van der Waals surface area contributed by atoms with Gasteiger partial charge in [-0.25, -0.2) is 9.48 Å². The Balaban J connectivity index is 1.31. The maximum Gasteiger partial charge on any atom is 0.320 e. The first-order chi connectivity index (χ1) is 16.9. The summed E-state index contributed by atoms with van der Waals surface area (Å²) in [6.45, 7) is 1.95. The Bertz CT molecular complexity index is 1260. The summed E-state index contributed by atoms with van der Waals surface area (Å²) in [6, 6.07) is 12.9. The van der Waals surface area contributed by atoms with Crippen molar-refractivity contribution in [2.45, 2.75) is 45.1 Å². The van der Waals surface area contributed by atoms with Crippen LogP contribution in [0, 0.1) is 30.6 Å². The van der Waals surface area contributed by atoms with Crippen molar-refractivity contribution < 1.29 is 4.79 Å². The summed E-state index contributed by atoms with van der Waals surface area (Å²) in [7, 11) is 0. The van der Waals surface area contributed by atoms with Crippen molar-refractivity contribution in [3.8, 4) is 16.9 Å². The summed E-state index contributed by atoms with van der Waals surface area (Å²) >= 11 is 18.8. The number of aromatic nitrogens is 2. The lowest BCUT2D eigenvalue weighted by Crippen LogP contribution is -2.56. The second-order valence-electron chi connectivity index (χ2n) is 10.4. The molecule has 8 heteroatoms. The molecule has 4 bridgehead atoms. The van der Waals surface area contributed by atoms with E-state index in [1.807, 2.05) is 37.3 Å². The van der Waals surface area contributed by atoms with E-state index in [1.54, 1.807) is 16.8 Å². The SMILES string of the molecule is Cc1c(NC(=O)NC2C3CC4CC(C3)CC2C4)nn(-c2ccc(Cl)cc2Cl)c1-c1ccc(Cl)cc1. The number of halogens is 3. The quantitative estimate of drug-likeness (QED) is 0.363. The number of carbonyl (C=O) groups is 1. The molecular weight excluding hydrogens is 503 g/mol. The number of nitrogens with zero attached hydrogens (tertiary/aromatic N) is 2. The van der Waals surface area contributed by atoms with E-state index in [-0.39, 0.29) is 12.1 Å². The van der Waals surface area contributed by atoms with Crippen LogP contribution in [0.5, 0.6) is 0 Å². The van der Waals surface area contributed by atoms with E-state index in [0.717, 1.165) is 28.7 Å². The average Bonchev–Trinajstić information content (AvgIpc) is 3.12. The van der Waals surface area contributed by atoms with Crippen molar-refractivity contribution in [1.29, 1.82) is 0 Å². The van der Waals surface area contributed by atoms with Gasteiger partial charge in [0.05, 0.1) is 16.4 Å². The highest BCUT2D eigenvalue weighted by atomic mass is 35.5. The van der Waals surface area contributed by atoms with Crippen LogP contribution in [0.1, 0.15) is 37.7 Å². The fraction of sp³-hybridized carbons (Fsp3) is 0.407. The summed E-state index contributed by atoms with van der Waals surface area (Å²) in [5, 5.41) is 12.8. The van der Waals surface area contributed by atoms with Gasteiger partial charge in [-0.3, -0.25) is 5.32 Å². The first-order valence-electron chi connectivity index (χ1n) is 12.2. The molecule has 4 saturated carbocycles. The summed E-state index contributed by atoms with van der Waals surface area (Å²) < 4.78 is 1.76. The molecule has 182 valence electrons. The zero-order chi connectivity index (χ0) is 24.3. The lowest BCUT2D eigenvalue weighted by molar-refractivity contribution is -0.00883. The van der Waals surface area contributed by atoms with Crippen LogP contribution < -0.4 is 10.6 Å². The minimum absolute atomic E-state index is 0.194. The molecule has 7 rings (SSSR count). The van der Waals surface area contributed by atoms with Crippen LogP contribution in [0.4, 0.5) is 10.6 Å². The third-order valence-electron chi connectivity index (χ3n) is 8.13. The van der Waals surface area contributed by atoms with Gasteiger partial charge in [0.15, 0.2) is 5.82 Å². The van der Waals surface area contributed by atoms with Crippen LogP contribution in [0.3, 0.4) is 0 Å². The van der Waals surface area contributed by atoms with Crippen LogP contribution in [0.15, 0.2) is 42.5 Å². The van der Waals surface area contributed by atoms with E-state index >= 15 is 0 Å². The molecule has 0 spiro atoms. The molecule has 4 aliphatic carbocycles. The number of carbonyl (C=O) groups excluding carboxylic acids is 1. The van der Waals surface area contributed by atoms with Gasteiger partial charge < -0.3 is 5.32 Å². The predicted octanol–water partition coefficient (Wildman–Crippen LogP) is 7.75. The monoisotopic (exact) mass is 528 g/mol. The molecule has 0 aliphatic heterocycles. The molecule has 0 unspecified atom stereocenters. The third-order valence-corrected chi connectivity index (χ3v) is 8.92. The molecule has 2 amide bonds. The second-order valence-corrected chi connectivity index (χ2v) is 11.7. The van der Waals surface area contributed by atoms with E-state index < -0.39 is 0 Å². The zero-order valence-electron chi connectivity index (χ0n) is 19.4. The Morgan fingerprint density at radius 3 is 2.17 bits per heavy atom. The van der Waals surface area contributed by atoms with Crippen molar-refractivity contribution in [2.75, 3.05) is 5.32 Å². The highest BCUT2D eigenvalue weighted by molar-refractivity contribution is 6.35. The van der Waals surface area contributed by atoms with E-state index in [2.05, 4.69) is 10.6 Å². The molecule has 4 fully saturated rings. The van der Waals surface area contributed by atoms with Crippen LogP contribution in [0.2, 0.25) is 15.1 Å². The second kappa shape index (κ2) is 9.02. The molecule has 1 aromatic heterocycles. The highest BCUT2D eigenvalue weighted by Gasteiger charge is 2.48. The van der Waals surface area contributed by atoms with Gasteiger partial charge in [-0.2, -0.15) is 0 Å². The largest absolute Gasteiger partial charge is 0.335 e. The molecule has 3 aromatic rings. The van der Waals surface area contributed by atoms with Gasteiger partial charge in [0.25, 0.3) is 0 Å². The number of nitrogens with one attached hydrogen (secondary N) is 2. The summed E-state index contributed by atoms with van der Waals surface area (Å²) in [5.74, 6) is 3.44. The molecule has 0 atom stereocenters. The van der Waals surface area contributed by atoms with Gasteiger partial charge in [0.2, 0.25) is 0 Å². The summed E-state index contributed by atoms with van der Waals surface area (Å²) in [4.78, 5) is 13.2. The molecule has 35 heavy (non-hydrogen) atoms. The third kappa shape index (κ3) is 4.32. The van der Waals surface area contributed by atoms with Gasteiger partial charge >= 0.3 is 6.03 Å². The number of urea groups is 1. The first kappa shape index (κ1) is 23.2. The van der Waals surface area contributed by atoms with Crippen molar-refractivity contribution >= 4 is 46.7 Å². The number of rotatable bonds is 4. The topological polar surface area (TPSA) is 59.0 Å². The van der Waals surface area contributed by atoms with Gasteiger partial charge in [-0.05, 0) is 93.0 Å². The fourth-order valence-electron chi connectivity index (χ4n) is 6.84. The van der Waals surface area contributed by atoms with Crippen molar-refractivity contribution in [3.63, 3.8) is 0 Å². The standard InChI is InChI=1S/C27H27Cl3N4O/c1-14-25(17-2-4-20(28)5-3-17)34(23-7-6-21(29)13-22(23)30)33-26(14)32-27(35)31-24-18-9-15-8-16(11-18)12-19(24)10-15/h2-7,13,15-16,18-19,24H,8-12H2,1H3,(H2,31,32,33,35). The number of benzene rings is 2. The molecule has 2 N–H and O–H groups in total. The van der Waals surface area contributed by atoms with Crippen LogP contribution in [-0.4, -0.2) is 21.9 Å². The summed E-state index contributed by atoms with van der Waals surface area (Å²) in [6.07, 6.45) is 6.40. The lowest BCUT2D eigenvalue weighted by atomic mass is 9.54. The maximum absolute atomic E-state index is 13.2. The fourth-order valence-corrected chi connectivity index (χ4v) is 7.46. The Morgan fingerprint density at radius 2 is 1.54 bits per heavy atom. The lowest BCUT2D eigenvalue weighted by Gasteiger charge is -2.54. The van der Waals surface area contributed by atoms with Crippen molar-refractivity contribution in [3.05, 3.63) is 63.1 Å². The van der Waals surface area contributed by atoms with E-state index in [4.69, 9.17) is 39.9 Å². The smallest absolute Gasteiger partial charge is 0.320 e. The van der Waals surface area contributed by atoms with Crippen LogP contribution in [-0.2, 0) is 0 Å². The van der Waals surface area contributed by atoms with E-state index in [9.17, 15) is 4.79 Å². The van der Waals surface area contributed by atoms with Gasteiger partial charge in [-0.15, -0.1) is 5.10 Å². The van der Waals surface area contributed by atoms with Crippen molar-refractivity contribution in [1.82, 2.24) is 15.1 Å². The molecule has 5 nitrogen and oxygen atoms in total. The van der Waals surface area contributed by atoms with Crippen molar-refractivity contribution in [2.24, 2.45) is 23.7 Å². The highest BCUT2D eigenvalue weighted by Crippen LogP contribution is 2.53.